The van der Waals surface area contributed by atoms with Crippen molar-refractivity contribution >= 4 is 39.5 Å². The molecule has 0 rings (SSSR count). The summed E-state index contributed by atoms with van der Waals surface area (Å²) in [6, 6.07) is 0. The Kier molecular flexibility index (Phi) is 59.2. The largest absolute Gasteiger partial charge is 0.472 e. The second-order valence-electron chi connectivity index (χ2n) is 24.5. The summed E-state index contributed by atoms with van der Waals surface area (Å²) < 4.78 is 68.1. The van der Waals surface area contributed by atoms with Gasteiger partial charge in [-0.3, -0.25) is 37.3 Å². The first-order chi connectivity index (χ1) is 41.6. The normalized spacial score (nSPS) is 14.5. The molecule has 0 aliphatic carbocycles. The average Bonchev–Trinajstić information content (AvgIpc) is 3.58. The molecule has 0 saturated carbocycles. The SMILES string of the molecule is CCCCCCCCCCCCCCCCC(=O)O[C@H](COC(=O)CCCCCCCCCCCCCCC)COP(=O)(O)OC[C@@H](O)COP(=O)(O)OC[C@@H](COC(=O)CCCCCCCCC)OC(=O)CCCCCCCCCCC(C)CC. The van der Waals surface area contributed by atoms with Gasteiger partial charge in [-0.05, 0) is 31.6 Å². The molecule has 0 aromatic rings. The van der Waals surface area contributed by atoms with Crippen LogP contribution in [-0.4, -0.2) is 96.7 Å². The third-order valence-corrected chi connectivity index (χ3v) is 17.8. The van der Waals surface area contributed by atoms with Gasteiger partial charge < -0.3 is 33.8 Å². The van der Waals surface area contributed by atoms with Gasteiger partial charge in [-0.1, -0.05) is 291 Å². The summed E-state index contributed by atoms with van der Waals surface area (Å²) in [6.45, 7) is 7.18. The van der Waals surface area contributed by atoms with Gasteiger partial charge in [-0.25, -0.2) is 9.13 Å². The first kappa shape index (κ1) is 84.1. The highest BCUT2D eigenvalue weighted by Gasteiger charge is 2.30. The minimum Gasteiger partial charge on any atom is -0.462 e. The standard InChI is InChI=1S/C67H130O17P2/c1-6-10-13-16-19-21-23-25-27-29-31-37-42-47-52-66(71)83-63(57-78-65(70)51-46-41-36-30-28-26-24-22-20-17-14-11-7-2)59-82-86(75,76)80-55-61(68)54-79-85(73,74)81-58-62(56-77-64(69)50-45-40-34-18-15-12-8-3)84-67(72)53-48-43-38-33-32-35-39-44-49-60(5)9-4/h60-63,68H,6-59H2,1-5H3,(H,73,74)(H,75,76)/t60?,61-,62+,63+/m0/s1. The first-order valence-electron chi connectivity index (χ1n) is 35.2. The Labute approximate surface area is 524 Å². The highest BCUT2D eigenvalue weighted by Crippen LogP contribution is 2.45. The van der Waals surface area contributed by atoms with Gasteiger partial charge in [-0.2, -0.15) is 0 Å². The predicted molar refractivity (Wildman–Crippen MR) is 345 cm³/mol. The molecule has 0 heterocycles. The molecule has 3 N–H and O–H groups in total. The van der Waals surface area contributed by atoms with E-state index in [1.54, 1.807) is 0 Å². The van der Waals surface area contributed by atoms with Crippen molar-refractivity contribution in [1.82, 2.24) is 0 Å². The lowest BCUT2D eigenvalue weighted by atomic mass is 9.99. The molecule has 0 aliphatic heterocycles. The van der Waals surface area contributed by atoms with Crippen LogP contribution in [0.4, 0.5) is 0 Å². The van der Waals surface area contributed by atoms with E-state index in [4.69, 9.17) is 37.0 Å². The third-order valence-electron chi connectivity index (χ3n) is 15.9. The molecule has 0 amide bonds. The Morgan fingerprint density at radius 2 is 0.558 bits per heavy atom. The molecule has 0 aromatic carbocycles. The van der Waals surface area contributed by atoms with Gasteiger partial charge in [0.2, 0.25) is 0 Å². The first-order valence-corrected chi connectivity index (χ1v) is 38.2. The van der Waals surface area contributed by atoms with Crippen molar-refractivity contribution in [2.75, 3.05) is 39.6 Å². The number of ether oxygens (including phenoxy) is 4. The van der Waals surface area contributed by atoms with Gasteiger partial charge in [0.1, 0.15) is 19.3 Å². The molecule has 0 fully saturated rings. The van der Waals surface area contributed by atoms with Crippen molar-refractivity contribution in [2.45, 2.75) is 361 Å². The number of aliphatic hydroxyl groups is 1. The van der Waals surface area contributed by atoms with E-state index in [-0.39, 0.29) is 25.7 Å². The summed E-state index contributed by atoms with van der Waals surface area (Å²) in [5.74, 6) is -1.36. The molecule has 19 heteroatoms. The number of rotatable bonds is 67. The van der Waals surface area contributed by atoms with E-state index < -0.39 is 97.5 Å². The van der Waals surface area contributed by atoms with Crippen molar-refractivity contribution in [3.63, 3.8) is 0 Å². The fourth-order valence-electron chi connectivity index (χ4n) is 10.1. The van der Waals surface area contributed by atoms with E-state index in [0.29, 0.717) is 25.7 Å². The molecule has 0 spiro atoms. The smallest absolute Gasteiger partial charge is 0.462 e. The zero-order valence-corrected chi connectivity index (χ0v) is 57.2. The zero-order chi connectivity index (χ0) is 63.5. The molecule has 0 bridgehead atoms. The molecule has 0 aromatic heterocycles. The Hall–Kier alpha value is -1.94. The number of hydrogen-bond acceptors (Lipinski definition) is 15. The van der Waals surface area contributed by atoms with Crippen LogP contribution in [0.5, 0.6) is 0 Å². The quantitative estimate of drug-likeness (QED) is 0.0222. The maximum absolute atomic E-state index is 13.0. The molecule has 3 unspecified atom stereocenters. The van der Waals surface area contributed by atoms with E-state index in [1.165, 1.54) is 154 Å². The van der Waals surface area contributed by atoms with Gasteiger partial charge >= 0.3 is 39.5 Å². The summed E-state index contributed by atoms with van der Waals surface area (Å²) in [5, 5.41) is 10.6. The number of carbonyl (C=O) groups is 4. The maximum Gasteiger partial charge on any atom is 0.472 e. The van der Waals surface area contributed by atoms with Crippen molar-refractivity contribution in [3.8, 4) is 0 Å². The summed E-state index contributed by atoms with van der Waals surface area (Å²) in [5.41, 5.74) is 0. The highest BCUT2D eigenvalue weighted by atomic mass is 31.2. The van der Waals surface area contributed by atoms with E-state index in [0.717, 1.165) is 109 Å². The minimum atomic E-state index is -4.95. The summed E-state index contributed by atoms with van der Waals surface area (Å²) in [6.07, 6.45) is 45.8. The Morgan fingerprint density at radius 1 is 0.326 bits per heavy atom. The third kappa shape index (κ3) is 59.7. The molecule has 86 heavy (non-hydrogen) atoms. The van der Waals surface area contributed by atoms with Crippen LogP contribution in [0.15, 0.2) is 0 Å². The topological polar surface area (TPSA) is 237 Å². The summed E-state index contributed by atoms with van der Waals surface area (Å²) in [4.78, 5) is 72.3. The second kappa shape index (κ2) is 60.6. The van der Waals surface area contributed by atoms with Gasteiger partial charge in [0, 0.05) is 25.7 Å². The van der Waals surface area contributed by atoms with Crippen LogP contribution in [0.3, 0.4) is 0 Å². The maximum atomic E-state index is 13.0. The molecular formula is C67H130O17P2. The molecule has 0 radical (unpaired) electrons. The van der Waals surface area contributed by atoms with Gasteiger partial charge in [0.15, 0.2) is 12.2 Å². The van der Waals surface area contributed by atoms with Crippen LogP contribution in [0, 0.1) is 5.92 Å². The number of esters is 4. The van der Waals surface area contributed by atoms with Crippen LogP contribution in [0.1, 0.15) is 343 Å². The number of carbonyl (C=O) groups excluding carboxylic acids is 4. The van der Waals surface area contributed by atoms with Crippen LogP contribution in [0.25, 0.3) is 0 Å². The Balaban J connectivity index is 5.22. The number of aliphatic hydroxyl groups excluding tert-OH is 1. The molecule has 17 nitrogen and oxygen atoms in total. The van der Waals surface area contributed by atoms with Crippen LogP contribution in [0.2, 0.25) is 0 Å². The number of hydrogen-bond donors (Lipinski definition) is 3. The molecule has 510 valence electrons. The number of unbranched alkanes of at least 4 members (excludes halogenated alkanes) is 38. The fraction of sp³-hybridized carbons (Fsp3) is 0.940. The van der Waals surface area contributed by atoms with Gasteiger partial charge in [0.25, 0.3) is 0 Å². The van der Waals surface area contributed by atoms with E-state index >= 15 is 0 Å². The Morgan fingerprint density at radius 3 is 0.826 bits per heavy atom. The lowest BCUT2D eigenvalue weighted by Crippen LogP contribution is -2.30. The van der Waals surface area contributed by atoms with E-state index in [2.05, 4.69) is 34.6 Å². The van der Waals surface area contributed by atoms with Crippen LogP contribution in [-0.2, 0) is 65.4 Å². The zero-order valence-electron chi connectivity index (χ0n) is 55.4. The number of phosphoric acid groups is 2. The van der Waals surface area contributed by atoms with E-state index in [9.17, 15) is 43.2 Å². The van der Waals surface area contributed by atoms with E-state index in [1.807, 2.05) is 0 Å². The van der Waals surface area contributed by atoms with Crippen molar-refractivity contribution in [1.29, 1.82) is 0 Å². The summed E-state index contributed by atoms with van der Waals surface area (Å²) in [7, 11) is -9.89. The molecule has 0 aliphatic rings. The lowest BCUT2D eigenvalue weighted by Gasteiger charge is -2.21. The molecule has 0 saturated heterocycles. The monoisotopic (exact) mass is 1270 g/mol. The van der Waals surface area contributed by atoms with Crippen molar-refractivity contribution in [2.24, 2.45) is 5.92 Å². The number of phosphoric ester groups is 2. The minimum absolute atomic E-state index is 0.105. The predicted octanol–water partition coefficient (Wildman–Crippen LogP) is 19.0. The second-order valence-corrected chi connectivity index (χ2v) is 27.4. The fourth-order valence-corrected chi connectivity index (χ4v) is 11.7. The molecule has 6 atom stereocenters. The van der Waals surface area contributed by atoms with Crippen LogP contribution >= 0.6 is 15.6 Å². The lowest BCUT2D eigenvalue weighted by molar-refractivity contribution is -0.161. The molecular weight excluding hydrogens is 1140 g/mol. The van der Waals surface area contributed by atoms with Gasteiger partial charge in [0.05, 0.1) is 26.4 Å². The van der Waals surface area contributed by atoms with Crippen molar-refractivity contribution < 1.29 is 80.2 Å². The average molecular weight is 1270 g/mol. The van der Waals surface area contributed by atoms with Crippen molar-refractivity contribution in [3.05, 3.63) is 0 Å². The summed E-state index contributed by atoms with van der Waals surface area (Å²) >= 11 is 0. The van der Waals surface area contributed by atoms with Gasteiger partial charge in [-0.15, -0.1) is 0 Å². The van der Waals surface area contributed by atoms with Crippen LogP contribution < -0.4 is 0 Å². The Bertz CT molecular complexity index is 1670. The highest BCUT2D eigenvalue weighted by molar-refractivity contribution is 7.47.